The van der Waals surface area contributed by atoms with Gasteiger partial charge in [-0.15, -0.1) is 0 Å². The van der Waals surface area contributed by atoms with E-state index >= 15 is 0 Å². The van der Waals surface area contributed by atoms with Crippen LogP contribution in [-0.4, -0.2) is 59.2 Å². The van der Waals surface area contributed by atoms with Gasteiger partial charge in [0.25, 0.3) is 0 Å². The quantitative estimate of drug-likeness (QED) is 0.394. The maximum Gasteiger partial charge on any atom is 0.246 e. The second-order valence-electron chi connectivity index (χ2n) is 9.58. The highest BCUT2D eigenvalue weighted by Gasteiger charge is 2.25. The number of carbonyl (C=O) groups excluding carboxylic acids is 2. The SMILES string of the molecule is COc1cccc(-n2cc(-c3ccc(Cl)cc3)nc2NC(=O)CN(CC2CCCO2)C(=O)CC(C)C)c1. The second kappa shape index (κ2) is 12.3. The molecule has 9 heteroatoms. The van der Waals surface area contributed by atoms with Gasteiger partial charge in [-0.3, -0.25) is 19.5 Å². The highest BCUT2D eigenvalue weighted by atomic mass is 35.5. The third kappa shape index (κ3) is 7.11. The number of rotatable bonds is 10. The van der Waals surface area contributed by atoms with Crippen molar-refractivity contribution in [3.05, 3.63) is 59.8 Å². The molecule has 1 aromatic heterocycles. The molecule has 2 heterocycles. The Labute approximate surface area is 222 Å². The second-order valence-corrected chi connectivity index (χ2v) is 10.0. The molecule has 0 aliphatic carbocycles. The van der Waals surface area contributed by atoms with Crippen molar-refractivity contribution in [3.8, 4) is 22.7 Å². The van der Waals surface area contributed by atoms with Crippen molar-refractivity contribution in [1.29, 1.82) is 0 Å². The van der Waals surface area contributed by atoms with E-state index in [1.807, 2.05) is 56.4 Å². The smallest absolute Gasteiger partial charge is 0.246 e. The molecular formula is C28H33ClN4O4. The molecule has 2 aromatic carbocycles. The molecule has 1 atom stereocenters. The minimum absolute atomic E-state index is 0.0424. The van der Waals surface area contributed by atoms with Crippen LogP contribution >= 0.6 is 11.6 Å². The maximum absolute atomic E-state index is 13.2. The van der Waals surface area contributed by atoms with Gasteiger partial charge in [-0.1, -0.05) is 43.6 Å². The van der Waals surface area contributed by atoms with Crippen LogP contribution in [0.2, 0.25) is 5.02 Å². The summed E-state index contributed by atoms with van der Waals surface area (Å²) in [6.45, 7) is 5.00. The minimum Gasteiger partial charge on any atom is -0.497 e. The summed E-state index contributed by atoms with van der Waals surface area (Å²) in [5.41, 5.74) is 2.30. The zero-order chi connectivity index (χ0) is 26.4. The standard InChI is InChI=1S/C28H33ClN4O4/c1-19(2)14-27(35)32(16-24-8-5-13-37-24)18-26(34)31-28-30-25(20-9-11-21(29)12-10-20)17-33(28)22-6-4-7-23(15-22)36-3/h4,6-7,9-12,15,17,19,24H,5,8,13-14,16,18H2,1-3H3,(H,30,31,34). The van der Waals surface area contributed by atoms with Crippen molar-refractivity contribution >= 4 is 29.4 Å². The number of imidazole rings is 1. The van der Waals surface area contributed by atoms with Crippen molar-refractivity contribution in [3.63, 3.8) is 0 Å². The average molecular weight is 525 g/mol. The molecule has 1 aliphatic heterocycles. The molecule has 1 aliphatic rings. The van der Waals surface area contributed by atoms with Crippen LogP contribution in [0.5, 0.6) is 5.75 Å². The molecule has 0 bridgehead atoms. The molecule has 0 radical (unpaired) electrons. The fraction of sp³-hybridized carbons (Fsp3) is 0.393. The van der Waals surface area contributed by atoms with Crippen LogP contribution in [0.4, 0.5) is 5.95 Å². The molecule has 0 spiro atoms. The van der Waals surface area contributed by atoms with E-state index in [1.165, 1.54) is 0 Å². The number of nitrogens with one attached hydrogen (secondary N) is 1. The number of halogens is 1. The van der Waals surface area contributed by atoms with Gasteiger partial charge in [-0.05, 0) is 43.0 Å². The van der Waals surface area contributed by atoms with Gasteiger partial charge in [-0.2, -0.15) is 0 Å². The van der Waals surface area contributed by atoms with Crippen LogP contribution in [0.15, 0.2) is 54.7 Å². The third-order valence-corrected chi connectivity index (χ3v) is 6.40. The summed E-state index contributed by atoms with van der Waals surface area (Å²) < 4.78 is 12.9. The topological polar surface area (TPSA) is 85.7 Å². The Morgan fingerprint density at radius 2 is 2.03 bits per heavy atom. The molecule has 4 rings (SSSR count). The summed E-state index contributed by atoms with van der Waals surface area (Å²) in [4.78, 5) is 32.5. The number of ether oxygens (including phenoxy) is 2. The number of aromatic nitrogens is 2. The van der Waals surface area contributed by atoms with Gasteiger partial charge in [0.2, 0.25) is 17.8 Å². The highest BCUT2D eigenvalue weighted by Crippen LogP contribution is 2.27. The summed E-state index contributed by atoms with van der Waals surface area (Å²) in [5.74, 6) is 0.831. The van der Waals surface area contributed by atoms with Crippen molar-refractivity contribution < 1.29 is 19.1 Å². The Morgan fingerprint density at radius 3 is 2.70 bits per heavy atom. The summed E-state index contributed by atoms with van der Waals surface area (Å²) in [6, 6.07) is 14.8. The van der Waals surface area contributed by atoms with Crippen LogP contribution in [-0.2, 0) is 14.3 Å². The molecule has 1 saturated heterocycles. The lowest BCUT2D eigenvalue weighted by Gasteiger charge is -2.25. The number of hydrogen-bond acceptors (Lipinski definition) is 5. The first kappa shape index (κ1) is 26.7. The first-order valence-corrected chi connectivity index (χ1v) is 12.9. The van der Waals surface area contributed by atoms with E-state index in [0.717, 1.165) is 24.1 Å². The Balaban J connectivity index is 1.60. The minimum atomic E-state index is -0.326. The number of methoxy groups -OCH3 is 1. The van der Waals surface area contributed by atoms with E-state index in [-0.39, 0.29) is 30.4 Å². The number of carbonyl (C=O) groups is 2. The molecule has 1 N–H and O–H groups in total. The highest BCUT2D eigenvalue weighted by molar-refractivity contribution is 6.30. The van der Waals surface area contributed by atoms with E-state index in [4.69, 9.17) is 26.1 Å². The largest absolute Gasteiger partial charge is 0.497 e. The average Bonchev–Trinajstić information content (AvgIpc) is 3.54. The van der Waals surface area contributed by atoms with E-state index in [2.05, 4.69) is 5.32 Å². The summed E-state index contributed by atoms with van der Waals surface area (Å²) >= 11 is 6.06. The van der Waals surface area contributed by atoms with E-state index in [0.29, 0.717) is 42.0 Å². The van der Waals surface area contributed by atoms with Gasteiger partial charge in [0.15, 0.2) is 0 Å². The van der Waals surface area contributed by atoms with Gasteiger partial charge in [-0.25, -0.2) is 4.98 Å². The molecule has 37 heavy (non-hydrogen) atoms. The molecule has 1 unspecified atom stereocenters. The number of hydrogen-bond donors (Lipinski definition) is 1. The molecule has 3 aromatic rings. The van der Waals surface area contributed by atoms with E-state index < -0.39 is 0 Å². The first-order valence-electron chi connectivity index (χ1n) is 12.5. The molecule has 196 valence electrons. The summed E-state index contributed by atoms with van der Waals surface area (Å²) in [7, 11) is 1.60. The number of anilines is 1. The van der Waals surface area contributed by atoms with Crippen LogP contribution in [0.1, 0.15) is 33.1 Å². The predicted octanol–water partition coefficient (Wildman–Crippen LogP) is 5.19. The lowest BCUT2D eigenvalue weighted by Crippen LogP contribution is -2.42. The molecule has 1 fully saturated rings. The van der Waals surface area contributed by atoms with Crippen LogP contribution < -0.4 is 10.1 Å². The van der Waals surface area contributed by atoms with E-state index in [9.17, 15) is 9.59 Å². The fourth-order valence-corrected chi connectivity index (χ4v) is 4.42. The molecular weight excluding hydrogens is 492 g/mol. The Kier molecular flexibility index (Phi) is 8.84. The van der Waals surface area contributed by atoms with E-state index in [1.54, 1.807) is 28.7 Å². The van der Waals surface area contributed by atoms with Gasteiger partial charge >= 0.3 is 0 Å². The maximum atomic E-state index is 13.2. The van der Waals surface area contributed by atoms with Crippen molar-refractivity contribution in [2.45, 2.75) is 39.2 Å². The number of benzene rings is 2. The Morgan fingerprint density at radius 1 is 1.24 bits per heavy atom. The van der Waals surface area contributed by atoms with Crippen LogP contribution in [0, 0.1) is 5.92 Å². The van der Waals surface area contributed by atoms with Crippen molar-refractivity contribution in [2.75, 3.05) is 32.1 Å². The zero-order valence-corrected chi connectivity index (χ0v) is 22.2. The normalized spacial score (nSPS) is 15.1. The van der Waals surface area contributed by atoms with Gasteiger partial charge in [0.05, 0.1) is 24.6 Å². The number of nitrogens with zero attached hydrogens (tertiary/aromatic N) is 3. The zero-order valence-electron chi connectivity index (χ0n) is 21.4. The lowest BCUT2D eigenvalue weighted by atomic mass is 10.1. The first-order chi connectivity index (χ1) is 17.8. The fourth-order valence-electron chi connectivity index (χ4n) is 4.29. The van der Waals surface area contributed by atoms with Crippen LogP contribution in [0.3, 0.4) is 0 Å². The number of amides is 2. The summed E-state index contributed by atoms with van der Waals surface area (Å²) in [6.07, 6.45) is 4.03. The summed E-state index contributed by atoms with van der Waals surface area (Å²) in [5, 5.41) is 3.55. The Bertz CT molecular complexity index is 1220. The van der Waals surface area contributed by atoms with Crippen LogP contribution in [0.25, 0.3) is 16.9 Å². The van der Waals surface area contributed by atoms with Gasteiger partial charge in [0, 0.05) is 42.4 Å². The lowest BCUT2D eigenvalue weighted by molar-refractivity contribution is -0.136. The monoisotopic (exact) mass is 524 g/mol. The third-order valence-electron chi connectivity index (χ3n) is 6.15. The molecule has 2 amide bonds. The Hall–Kier alpha value is -3.36. The van der Waals surface area contributed by atoms with Crippen molar-refractivity contribution in [2.24, 2.45) is 5.92 Å². The predicted molar refractivity (Wildman–Crippen MR) is 144 cm³/mol. The van der Waals surface area contributed by atoms with Crippen molar-refractivity contribution in [1.82, 2.24) is 14.5 Å². The van der Waals surface area contributed by atoms with Gasteiger partial charge in [0.1, 0.15) is 12.3 Å². The molecule has 8 nitrogen and oxygen atoms in total. The van der Waals surface area contributed by atoms with Gasteiger partial charge < -0.3 is 14.4 Å². The molecule has 0 saturated carbocycles.